The van der Waals surface area contributed by atoms with Crippen LogP contribution in [0.15, 0.2) is 45.8 Å². The van der Waals surface area contributed by atoms with Gasteiger partial charge >= 0.3 is 5.69 Å². The zero-order valence-electron chi connectivity index (χ0n) is 16.9. The fourth-order valence-corrected chi connectivity index (χ4v) is 4.95. The number of carbonyl (C=O) groups excluding carboxylic acids is 1. The van der Waals surface area contributed by atoms with Crippen molar-refractivity contribution in [2.75, 3.05) is 6.54 Å². The smallest absolute Gasteiger partial charge is 0.336 e. The van der Waals surface area contributed by atoms with Gasteiger partial charge in [0.25, 0.3) is 5.91 Å². The quantitative estimate of drug-likeness (QED) is 0.518. The Kier molecular flexibility index (Phi) is 3.62. The first kappa shape index (κ1) is 18.4. The normalized spacial score (nSPS) is 18.8. The SMILES string of the molecule is Cc1cc(C(=O)N2C[C@@H]3C[C@H]2c2c(O)n(-c4cnc(C#N)c5ccccc45)c(=O)n23)no1. The maximum Gasteiger partial charge on any atom is 0.336 e. The van der Waals surface area contributed by atoms with Crippen molar-refractivity contribution in [1.29, 1.82) is 5.26 Å². The van der Waals surface area contributed by atoms with Crippen LogP contribution in [0, 0.1) is 18.3 Å². The van der Waals surface area contributed by atoms with Crippen molar-refractivity contribution >= 4 is 16.7 Å². The fraction of sp³-hybridized carbons (Fsp3) is 0.227. The zero-order chi connectivity index (χ0) is 22.1. The average Bonchev–Trinajstić information content (AvgIpc) is 3.56. The number of nitriles is 1. The summed E-state index contributed by atoms with van der Waals surface area (Å²) in [5.41, 5.74) is 0.821. The van der Waals surface area contributed by atoms with E-state index in [0.29, 0.717) is 40.9 Å². The van der Waals surface area contributed by atoms with Crippen LogP contribution in [0.4, 0.5) is 0 Å². The number of rotatable bonds is 2. The van der Waals surface area contributed by atoms with Crippen molar-refractivity contribution in [2.24, 2.45) is 0 Å². The van der Waals surface area contributed by atoms with Crippen LogP contribution in [0.3, 0.4) is 0 Å². The van der Waals surface area contributed by atoms with E-state index >= 15 is 0 Å². The van der Waals surface area contributed by atoms with Gasteiger partial charge in [-0.3, -0.25) is 9.36 Å². The number of aryl methyl sites for hydroxylation is 1. The monoisotopic (exact) mass is 428 g/mol. The molecule has 0 aliphatic carbocycles. The molecule has 3 aromatic heterocycles. The molecular formula is C22H16N6O4. The Morgan fingerprint density at radius 2 is 2.09 bits per heavy atom. The first-order valence-corrected chi connectivity index (χ1v) is 10.1. The highest BCUT2D eigenvalue weighted by Gasteiger charge is 2.49. The molecule has 158 valence electrons. The number of aromatic hydroxyl groups is 1. The molecule has 2 aliphatic heterocycles. The van der Waals surface area contributed by atoms with Gasteiger partial charge in [-0.15, -0.1) is 0 Å². The van der Waals surface area contributed by atoms with Gasteiger partial charge < -0.3 is 14.5 Å². The Morgan fingerprint density at radius 3 is 2.81 bits per heavy atom. The molecule has 0 saturated carbocycles. The van der Waals surface area contributed by atoms with Crippen molar-refractivity contribution in [3.8, 4) is 17.6 Å². The molecule has 4 aromatic rings. The Bertz CT molecular complexity index is 1540. The highest BCUT2D eigenvalue weighted by atomic mass is 16.5. The van der Waals surface area contributed by atoms with E-state index < -0.39 is 11.7 Å². The van der Waals surface area contributed by atoms with E-state index in [1.165, 1.54) is 10.8 Å². The van der Waals surface area contributed by atoms with Crippen LogP contribution in [0.5, 0.6) is 5.88 Å². The third kappa shape index (κ3) is 2.27. The lowest BCUT2D eigenvalue weighted by atomic mass is 10.1. The molecule has 10 nitrogen and oxygen atoms in total. The summed E-state index contributed by atoms with van der Waals surface area (Å²) in [7, 11) is 0. The standard InChI is InChI=1S/C22H16N6O4/c1-11-6-15(25-32-11)20(29)26-10-12-7-17(26)19-21(30)28(22(31)27(12)19)18-9-24-16(8-23)13-4-2-3-5-14(13)18/h2-6,9,12,17,30H,7,10H2,1H3/t12-,17-/m0/s1. The Morgan fingerprint density at radius 1 is 1.31 bits per heavy atom. The van der Waals surface area contributed by atoms with Crippen molar-refractivity contribution in [1.82, 2.24) is 24.2 Å². The van der Waals surface area contributed by atoms with Crippen molar-refractivity contribution in [2.45, 2.75) is 25.4 Å². The van der Waals surface area contributed by atoms with Crippen LogP contribution >= 0.6 is 0 Å². The molecule has 0 unspecified atom stereocenters. The fourth-order valence-electron chi connectivity index (χ4n) is 4.95. The summed E-state index contributed by atoms with van der Waals surface area (Å²) in [6.07, 6.45) is 1.97. The number of pyridine rings is 1. The van der Waals surface area contributed by atoms with Crippen molar-refractivity contribution < 1.29 is 14.4 Å². The number of hydrogen-bond acceptors (Lipinski definition) is 7. The molecule has 5 heterocycles. The molecule has 1 N–H and O–H groups in total. The molecule has 0 radical (unpaired) electrons. The third-order valence-electron chi connectivity index (χ3n) is 6.29. The average molecular weight is 428 g/mol. The summed E-state index contributed by atoms with van der Waals surface area (Å²) in [4.78, 5) is 32.1. The summed E-state index contributed by atoms with van der Waals surface area (Å²) in [6.45, 7) is 2.05. The molecule has 10 heteroatoms. The molecule has 1 amide bonds. The van der Waals surface area contributed by atoms with Crippen LogP contribution in [0.2, 0.25) is 0 Å². The molecule has 1 saturated heterocycles. The maximum atomic E-state index is 13.4. The summed E-state index contributed by atoms with van der Waals surface area (Å²) in [6, 6.07) is 10.0. The lowest BCUT2D eigenvalue weighted by Gasteiger charge is -2.26. The van der Waals surface area contributed by atoms with Crippen LogP contribution in [0.25, 0.3) is 16.5 Å². The van der Waals surface area contributed by atoms with Gasteiger partial charge in [-0.1, -0.05) is 29.4 Å². The zero-order valence-corrected chi connectivity index (χ0v) is 16.9. The minimum absolute atomic E-state index is 0.199. The number of carbonyl (C=O) groups is 1. The molecular weight excluding hydrogens is 412 g/mol. The summed E-state index contributed by atoms with van der Waals surface area (Å²) < 4.78 is 7.79. The molecule has 1 aromatic carbocycles. The Balaban J connectivity index is 1.50. The number of aromatic nitrogens is 4. The van der Waals surface area contributed by atoms with Gasteiger partial charge in [-0.05, 0) is 13.3 Å². The second-order valence-electron chi connectivity index (χ2n) is 8.03. The number of likely N-dealkylation sites (tertiary alicyclic amines) is 1. The lowest BCUT2D eigenvalue weighted by molar-refractivity contribution is 0.0700. The molecule has 6 rings (SSSR count). The summed E-state index contributed by atoms with van der Waals surface area (Å²) in [5.74, 6) is 0.00231. The van der Waals surface area contributed by atoms with Gasteiger partial charge in [0, 0.05) is 23.4 Å². The van der Waals surface area contributed by atoms with Gasteiger partial charge in [0.1, 0.15) is 23.2 Å². The predicted molar refractivity (Wildman–Crippen MR) is 110 cm³/mol. The van der Waals surface area contributed by atoms with E-state index in [2.05, 4.69) is 16.2 Å². The van der Waals surface area contributed by atoms with E-state index in [4.69, 9.17) is 4.52 Å². The second-order valence-corrected chi connectivity index (χ2v) is 8.03. The highest BCUT2D eigenvalue weighted by Crippen LogP contribution is 2.49. The van der Waals surface area contributed by atoms with Crippen LogP contribution < -0.4 is 5.69 Å². The van der Waals surface area contributed by atoms with Gasteiger partial charge in [-0.25, -0.2) is 14.3 Å². The number of amides is 1. The number of fused-ring (bicyclic) bond motifs is 6. The predicted octanol–water partition coefficient (Wildman–Crippen LogP) is 2.20. The highest BCUT2D eigenvalue weighted by molar-refractivity contribution is 5.94. The van der Waals surface area contributed by atoms with Crippen molar-refractivity contribution in [3.05, 3.63) is 69.9 Å². The molecule has 2 bridgehead atoms. The number of hydrogen-bond donors (Lipinski definition) is 1. The van der Waals surface area contributed by atoms with Gasteiger partial charge in [0.05, 0.1) is 24.0 Å². The van der Waals surface area contributed by atoms with Crippen LogP contribution in [-0.2, 0) is 0 Å². The van der Waals surface area contributed by atoms with E-state index in [-0.39, 0.29) is 29.2 Å². The largest absolute Gasteiger partial charge is 0.493 e. The number of imidazole rings is 1. The molecule has 2 aliphatic rings. The van der Waals surface area contributed by atoms with Crippen LogP contribution in [-0.4, -0.2) is 41.7 Å². The number of nitrogens with zero attached hydrogens (tertiary/aromatic N) is 6. The van der Waals surface area contributed by atoms with Gasteiger partial charge in [0.15, 0.2) is 5.69 Å². The van der Waals surface area contributed by atoms with Gasteiger partial charge in [-0.2, -0.15) is 5.26 Å². The summed E-state index contributed by atoms with van der Waals surface area (Å²) >= 11 is 0. The van der Waals surface area contributed by atoms with Crippen molar-refractivity contribution in [3.63, 3.8) is 0 Å². The molecule has 2 atom stereocenters. The second kappa shape index (κ2) is 6.31. The Hall–Kier alpha value is -4.39. The molecule has 32 heavy (non-hydrogen) atoms. The molecule has 1 fully saturated rings. The lowest BCUT2D eigenvalue weighted by Crippen LogP contribution is -2.38. The van der Waals surface area contributed by atoms with Gasteiger partial charge in [0.2, 0.25) is 5.88 Å². The third-order valence-corrected chi connectivity index (χ3v) is 6.29. The Labute approximate surface area is 180 Å². The summed E-state index contributed by atoms with van der Waals surface area (Å²) in [5, 5.41) is 25.5. The minimum Gasteiger partial charge on any atom is -0.493 e. The maximum absolute atomic E-state index is 13.4. The number of benzene rings is 1. The first-order chi connectivity index (χ1) is 15.5. The van der Waals surface area contributed by atoms with Crippen LogP contribution in [0.1, 0.15) is 46.1 Å². The van der Waals surface area contributed by atoms with E-state index in [0.717, 1.165) is 0 Å². The first-order valence-electron chi connectivity index (χ1n) is 10.1. The minimum atomic E-state index is -0.448. The van der Waals surface area contributed by atoms with E-state index in [1.807, 2.05) is 0 Å². The topological polar surface area (TPSA) is 130 Å². The van der Waals surface area contributed by atoms with E-state index in [9.17, 15) is 20.0 Å². The van der Waals surface area contributed by atoms with E-state index in [1.54, 1.807) is 46.7 Å². The molecule has 0 spiro atoms.